The van der Waals surface area contributed by atoms with Crippen molar-refractivity contribution in [2.45, 2.75) is 11.8 Å². The predicted molar refractivity (Wildman–Crippen MR) is 80.1 cm³/mol. The normalized spacial score (nSPS) is 11.1. The van der Waals surface area contributed by atoms with Crippen molar-refractivity contribution in [3.63, 3.8) is 0 Å². The van der Waals surface area contributed by atoms with Gasteiger partial charge in [-0.1, -0.05) is 54.6 Å². The zero-order valence-corrected chi connectivity index (χ0v) is 11.9. The van der Waals surface area contributed by atoms with Gasteiger partial charge in [-0.2, -0.15) is 0 Å². The molecule has 0 amide bonds. The van der Waals surface area contributed by atoms with Crippen molar-refractivity contribution in [3.05, 3.63) is 72.3 Å². The molecule has 0 bridgehead atoms. The molecule has 0 radical (unpaired) electrons. The van der Waals surface area contributed by atoms with Crippen molar-refractivity contribution >= 4 is 15.7 Å². The van der Waals surface area contributed by atoms with Crippen LogP contribution in [-0.2, 0) is 10.0 Å². The molecule has 0 saturated heterocycles. The van der Waals surface area contributed by atoms with Crippen molar-refractivity contribution in [1.29, 1.82) is 0 Å². The molecule has 2 aromatic carbocycles. The van der Waals surface area contributed by atoms with E-state index in [1.807, 2.05) is 37.3 Å². The maximum absolute atomic E-state index is 12.1. The van der Waals surface area contributed by atoms with Crippen LogP contribution in [0.25, 0.3) is 5.70 Å². The van der Waals surface area contributed by atoms with Gasteiger partial charge in [-0.25, -0.2) is 8.42 Å². The van der Waals surface area contributed by atoms with Gasteiger partial charge in [-0.15, -0.1) is 4.83 Å². The fraction of sp³-hybridized carbons (Fsp3) is 0.0667. The molecular weight excluding hydrogens is 272 g/mol. The van der Waals surface area contributed by atoms with Crippen LogP contribution in [0.15, 0.2) is 66.1 Å². The van der Waals surface area contributed by atoms with E-state index in [9.17, 15) is 8.42 Å². The first-order chi connectivity index (χ1) is 9.49. The summed E-state index contributed by atoms with van der Waals surface area (Å²) in [5.74, 6) is 0. The van der Waals surface area contributed by atoms with Gasteiger partial charge in [-0.05, 0) is 24.6 Å². The number of hydrazine groups is 1. The highest BCUT2D eigenvalue weighted by Crippen LogP contribution is 2.11. The molecule has 0 atom stereocenters. The summed E-state index contributed by atoms with van der Waals surface area (Å²) in [4.78, 5) is 2.52. The lowest BCUT2D eigenvalue weighted by molar-refractivity contribution is 0.576. The van der Waals surface area contributed by atoms with E-state index in [1.54, 1.807) is 24.3 Å². The monoisotopic (exact) mass is 288 g/mol. The summed E-state index contributed by atoms with van der Waals surface area (Å²) in [6.45, 7) is 5.70. The lowest BCUT2D eigenvalue weighted by Gasteiger charge is -2.11. The first-order valence-corrected chi connectivity index (χ1v) is 7.56. The Morgan fingerprint density at radius 1 is 1.00 bits per heavy atom. The van der Waals surface area contributed by atoms with Crippen molar-refractivity contribution in [2.75, 3.05) is 0 Å². The quantitative estimate of drug-likeness (QED) is 0.831. The van der Waals surface area contributed by atoms with Gasteiger partial charge < -0.3 is 5.43 Å². The number of hydrogen-bond acceptors (Lipinski definition) is 3. The molecule has 5 heteroatoms. The summed E-state index contributed by atoms with van der Waals surface area (Å²) in [5, 5.41) is 0. The Morgan fingerprint density at radius 3 is 2.20 bits per heavy atom. The maximum atomic E-state index is 12.1. The predicted octanol–water partition coefficient (Wildman–Crippen LogP) is 2.45. The molecule has 4 nitrogen and oxygen atoms in total. The molecule has 0 heterocycles. The molecule has 0 aliphatic heterocycles. The summed E-state index contributed by atoms with van der Waals surface area (Å²) < 4.78 is 24.1. The van der Waals surface area contributed by atoms with Crippen LogP contribution in [0.5, 0.6) is 0 Å². The lowest BCUT2D eigenvalue weighted by atomic mass is 10.2. The Morgan fingerprint density at radius 2 is 1.60 bits per heavy atom. The second kappa shape index (κ2) is 5.90. The number of nitrogens with one attached hydrogen (secondary N) is 2. The van der Waals surface area contributed by atoms with E-state index in [2.05, 4.69) is 16.8 Å². The van der Waals surface area contributed by atoms with Gasteiger partial charge >= 0.3 is 0 Å². The largest absolute Gasteiger partial charge is 0.308 e. The van der Waals surface area contributed by atoms with E-state index < -0.39 is 10.0 Å². The number of aryl methyl sites for hydroxylation is 1. The molecule has 2 rings (SSSR count). The third kappa shape index (κ3) is 3.46. The molecule has 0 aliphatic carbocycles. The SMILES string of the molecule is C=C(NNS(=O)(=O)c1ccc(C)cc1)c1ccccc1. The van der Waals surface area contributed by atoms with Crippen LogP contribution < -0.4 is 10.3 Å². The Hall–Kier alpha value is -2.11. The van der Waals surface area contributed by atoms with E-state index in [4.69, 9.17) is 0 Å². The van der Waals surface area contributed by atoms with Gasteiger partial charge in [0.2, 0.25) is 0 Å². The first-order valence-electron chi connectivity index (χ1n) is 6.08. The average molecular weight is 288 g/mol. The Balaban J connectivity index is 2.06. The Kier molecular flexibility index (Phi) is 4.22. The topological polar surface area (TPSA) is 58.2 Å². The van der Waals surface area contributed by atoms with Gasteiger partial charge in [0.05, 0.1) is 4.90 Å². The molecule has 2 aromatic rings. The smallest absolute Gasteiger partial charge is 0.257 e. The van der Waals surface area contributed by atoms with Crippen molar-refractivity contribution in [3.8, 4) is 0 Å². The van der Waals surface area contributed by atoms with E-state index >= 15 is 0 Å². The van der Waals surface area contributed by atoms with Crippen molar-refractivity contribution in [2.24, 2.45) is 0 Å². The number of rotatable bonds is 5. The number of hydrogen-bond donors (Lipinski definition) is 2. The highest BCUT2D eigenvalue weighted by atomic mass is 32.2. The first kappa shape index (κ1) is 14.3. The summed E-state index contributed by atoms with van der Waals surface area (Å²) in [6, 6.07) is 15.9. The fourth-order valence-electron chi connectivity index (χ4n) is 1.62. The third-order valence-electron chi connectivity index (χ3n) is 2.79. The Bertz CT molecular complexity index is 692. The Labute approximate surface area is 119 Å². The standard InChI is InChI=1S/C15H16N2O2S/c1-12-8-10-15(11-9-12)20(18,19)17-16-13(2)14-6-4-3-5-7-14/h3-11,16-17H,2H2,1H3. The summed E-state index contributed by atoms with van der Waals surface area (Å²) in [6.07, 6.45) is 0. The number of sulfonamides is 1. The molecule has 0 fully saturated rings. The minimum atomic E-state index is -3.60. The number of benzene rings is 2. The van der Waals surface area contributed by atoms with Crippen LogP contribution in [0.3, 0.4) is 0 Å². The van der Waals surface area contributed by atoms with Crippen molar-refractivity contribution in [1.82, 2.24) is 10.3 Å². The van der Waals surface area contributed by atoms with Gasteiger partial charge in [0.25, 0.3) is 10.0 Å². The summed E-state index contributed by atoms with van der Waals surface area (Å²) in [5.41, 5.74) is 4.93. The van der Waals surface area contributed by atoms with Crippen LogP contribution in [-0.4, -0.2) is 8.42 Å². The second-order valence-electron chi connectivity index (χ2n) is 4.39. The third-order valence-corrected chi connectivity index (χ3v) is 4.05. The molecule has 0 aliphatic rings. The van der Waals surface area contributed by atoms with Gasteiger partial charge in [0, 0.05) is 5.70 Å². The molecular formula is C15H16N2O2S. The van der Waals surface area contributed by atoms with Crippen LogP contribution in [0.2, 0.25) is 0 Å². The lowest BCUT2D eigenvalue weighted by Crippen LogP contribution is -2.35. The van der Waals surface area contributed by atoms with Crippen molar-refractivity contribution < 1.29 is 8.42 Å². The second-order valence-corrected chi connectivity index (χ2v) is 6.07. The molecule has 0 saturated carbocycles. The molecule has 0 spiro atoms. The van der Waals surface area contributed by atoms with Gasteiger partial charge in [0.1, 0.15) is 0 Å². The maximum Gasteiger partial charge on any atom is 0.257 e. The van der Waals surface area contributed by atoms with E-state index in [0.29, 0.717) is 5.70 Å². The molecule has 104 valence electrons. The van der Waals surface area contributed by atoms with Crippen LogP contribution in [0.4, 0.5) is 0 Å². The fourth-order valence-corrected chi connectivity index (χ4v) is 2.49. The molecule has 2 N–H and O–H groups in total. The molecule has 0 unspecified atom stereocenters. The van der Waals surface area contributed by atoms with Gasteiger partial charge in [-0.3, -0.25) is 0 Å². The molecule has 0 aromatic heterocycles. The zero-order valence-electron chi connectivity index (χ0n) is 11.1. The van der Waals surface area contributed by atoms with Crippen LogP contribution in [0.1, 0.15) is 11.1 Å². The highest BCUT2D eigenvalue weighted by molar-refractivity contribution is 7.89. The minimum absolute atomic E-state index is 0.205. The van der Waals surface area contributed by atoms with E-state index in [-0.39, 0.29) is 4.90 Å². The highest BCUT2D eigenvalue weighted by Gasteiger charge is 2.13. The zero-order chi connectivity index (χ0) is 14.6. The van der Waals surface area contributed by atoms with Gasteiger partial charge in [0.15, 0.2) is 0 Å². The minimum Gasteiger partial charge on any atom is -0.308 e. The summed E-state index contributed by atoms with van der Waals surface area (Å²) >= 11 is 0. The van der Waals surface area contributed by atoms with Crippen LogP contribution in [0, 0.1) is 6.92 Å². The van der Waals surface area contributed by atoms with Crippen LogP contribution >= 0.6 is 0 Å². The average Bonchev–Trinajstić information content (AvgIpc) is 2.46. The summed E-state index contributed by atoms with van der Waals surface area (Å²) in [7, 11) is -3.60. The van der Waals surface area contributed by atoms with E-state index in [0.717, 1.165) is 11.1 Å². The van der Waals surface area contributed by atoms with E-state index in [1.165, 1.54) is 0 Å². The molecule has 20 heavy (non-hydrogen) atoms.